The molecule has 5 heteroatoms. The standard InChI is InChI=1S/C15H22FN3O/c1-15(2)6-3-7-19(10-15)9-14(20)18-13-8-11(16)4-5-12(13)17/h4-5,8H,3,6-7,9-10,17H2,1-2H3,(H,18,20). The summed E-state index contributed by atoms with van der Waals surface area (Å²) in [5.74, 6) is -0.561. The molecule has 0 spiro atoms. The van der Waals surface area contributed by atoms with Crippen molar-refractivity contribution in [3.63, 3.8) is 0 Å². The monoisotopic (exact) mass is 279 g/mol. The second kappa shape index (κ2) is 5.79. The van der Waals surface area contributed by atoms with Crippen LogP contribution in [-0.4, -0.2) is 30.4 Å². The number of piperidine rings is 1. The fraction of sp³-hybridized carbons (Fsp3) is 0.533. The number of carbonyl (C=O) groups is 1. The number of rotatable bonds is 3. The Kier molecular flexibility index (Phi) is 4.28. The normalized spacial score (nSPS) is 18.8. The Labute approximate surface area is 119 Å². The summed E-state index contributed by atoms with van der Waals surface area (Å²) in [5.41, 5.74) is 6.68. The summed E-state index contributed by atoms with van der Waals surface area (Å²) in [6, 6.07) is 3.97. The zero-order valence-corrected chi connectivity index (χ0v) is 12.1. The number of likely N-dealkylation sites (tertiary alicyclic amines) is 1. The molecular formula is C15H22FN3O. The van der Waals surface area contributed by atoms with Crippen LogP contribution in [0, 0.1) is 11.2 Å². The molecule has 0 radical (unpaired) electrons. The minimum absolute atomic E-state index is 0.153. The number of nitrogens with one attached hydrogen (secondary N) is 1. The lowest BCUT2D eigenvalue weighted by atomic mass is 9.84. The SMILES string of the molecule is CC1(C)CCCN(CC(=O)Nc2cc(F)ccc2N)C1. The number of nitrogen functional groups attached to an aromatic ring is 1. The van der Waals surface area contributed by atoms with Crippen molar-refractivity contribution in [1.29, 1.82) is 0 Å². The molecule has 4 nitrogen and oxygen atoms in total. The molecule has 1 heterocycles. The van der Waals surface area contributed by atoms with E-state index in [1.165, 1.54) is 24.6 Å². The van der Waals surface area contributed by atoms with E-state index in [-0.39, 0.29) is 11.3 Å². The van der Waals surface area contributed by atoms with E-state index < -0.39 is 5.82 Å². The van der Waals surface area contributed by atoms with Crippen LogP contribution in [0.3, 0.4) is 0 Å². The number of amides is 1. The second-order valence-electron chi connectivity index (χ2n) is 6.26. The van der Waals surface area contributed by atoms with Crippen molar-refractivity contribution in [2.45, 2.75) is 26.7 Å². The van der Waals surface area contributed by atoms with Crippen LogP contribution >= 0.6 is 0 Å². The molecule has 20 heavy (non-hydrogen) atoms. The van der Waals surface area contributed by atoms with Crippen molar-refractivity contribution < 1.29 is 9.18 Å². The molecule has 1 fully saturated rings. The highest BCUT2D eigenvalue weighted by Gasteiger charge is 2.27. The van der Waals surface area contributed by atoms with Crippen molar-refractivity contribution in [2.24, 2.45) is 5.41 Å². The molecule has 0 unspecified atom stereocenters. The molecule has 2 rings (SSSR count). The maximum absolute atomic E-state index is 13.1. The zero-order chi connectivity index (χ0) is 14.8. The number of halogens is 1. The van der Waals surface area contributed by atoms with E-state index in [4.69, 9.17) is 5.73 Å². The molecule has 0 aliphatic carbocycles. The molecule has 1 aromatic rings. The summed E-state index contributed by atoms with van der Waals surface area (Å²) >= 11 is 0. The predicted molar refractivity (Wildman–Crippen MR) is 78.9 cm³/mol. The molecule has 1 aromatic carbocycles. The van der Waals surface area contributed by atoms with Gasteiger partial charge in [-0.1, -0.05) is 13.8 Å². The number of nitrogens with two attached hydrogens (primary N) is 1. The van der Waals surface area contributed by atoms with Gasteiger partial charge < -0.3 is 11.1 Å². The van der Waals surface area contributed by atoms with Gasteiger partial charge in [0, 0.05) is 6.54 Å². The topological polar surface area (TPSA) is 58.4 Å². The van der Waals surface area contributed by atoms with Crippen LogP contribution in [0.5, 0.6) is 0 Å². The van der Waals surface area contributed by atoms with E-state index in [9.17, 15) is 9.18 Å². The van der Waals surface area contributed by atoms with Crippen LogP contribution in [0.1, 0.15) is 26.7 Å². The van der Waals surface area contributed by atoms with Gasteiger partial charge in [0.25, 0.3) is 0 Å². The molecule has 110 valence electrons. The molecule has 0 atom stereocenters. The van der Waals surface area contributed by atoms with Crippen molar-refractivity contribution in [2.75, 3.05) is 30.7 Å². The molecule has 1 aliphatic rings. The van der Waals surface area contributed by atoms with Gasteiger partial charge in [0.2, 0.25) is 5.91 Å². The van der Waals surface area contributed by atoms with Gasteiger partial charge >= 0.3 is 0 Å². The molecular weight excluding hydrogens is 257 g/mol. The minimum atomic E-state index is -0.409. The average Bonchev–Trinajstić information content (AvgIpc) is 2.32. The third-order valence-corrected chi connectivity index (χ3v) is 3.64. The van der Waals surface area contributed by atoms with Crippen LogP contribution in [-0.2, 0) is 4.79 Å². The molecule has 1 amide bonds. The minimum Gasteiger partial charge on any atom is -0.397 e. The lowest BCUT2D eigenvalue weighted by molar-refractivity contribution is -0.118. The average molecular weight is 279 g/mol. The summed E-state index contributed by atoms with van der Waals surface area (Å²) in [4.78, 5) is 14.2. The van der Waals surface area contributed by atoms with Gasteiger partial charge in [-0.3, -0.25) is 9.69 Å². The number of benzene rings is 1. The van der Waals surface area contributed by atoms with Gasteiger partial charge in [0.15, 0.2) is 0 Å². The van der Waals surface area contributed by atoms with Crippen LogP contribution in [0.4, 0.5) is 15.8 Å². The van der Waals surface area contributed by atoms with Crippen LogP contribution in [0.15, 0.2) is 18.2 Å². The van der Waals surface area contributed by atoms with E-state index in [2.05, 4.69) is 24.1 Å². The molecule has 0 aromatic heterocycles. The van der Waals surface area contributed by atoms with Crippen LogP contribution < -0.4 is 11.1 Å². The van der Waals surface area contributed by atoms with Crippen LogP contribution in [0.25, 0.3) is 0 Å². The third kappa shape index (κ3) is 3.93. The molecule has 1 saturated heterocycles. The van der Waals surface area contributed by atoms with E-state index in [0.717, 1.165) is 19.5 Å². The highest BCUT2D eigenvalue weighted by atomic mass is 19.1. The van der Waals surface area contributed by atoms with Gasteiger partial charge in [0.05, 0.1) is 17.9 Å². The first-order valence-corrected chi connectivity index (χ1v) is 6.93. The van der Waals surface area contributed by atoms with Crippen LogP contribution in [0.2, 0.25) is 0 Å². The van der Waals surface area contributed by atoms with Gasteiger partial charge in [-0.05, 0) is 43.0 Å². The zero-order valence-electron chi connectivity index (χ0n) is 12.1. The lowest BCUT2D eigenvalue weighted by Crippen LogP contribution is -2.43. The fourth-order valence-electron chi connectivity index (χ4n) is 2.71. The smallest absolute Gasteiger partial charge is 0.238 e. The van der Waals surface area contributed by atoms with E-state index in [0.29, 0.717) is 17.9 Å². The Morgan fingerprint density at radius 1 is 1.50 bits per heavy atom. The summed E-state index contributed by atoms with van der Waals surface area (Å²) < 4.78 is 13.1. The molecule has 1 aliphatic heterocycles. The highest BCUT2D eigenvalue weighted by Crippen LogP contribution is 2.28. The molecule has 0 bridgehead atoms. The van der Waals surface area contributed by atoms with E-state index in [1.807, 2.05) is 0 Å². The van der Waals surface area contributed by atoms with Crippen molar-refractivity contribution in [3.8, 4) is 0 Å². The van der Waals surface area contributed by atoms with Gasteiger partial charge in [-0.15, -0.1) is 0 Å². The molecule has 3 N–H and O–H groups in total. The van der Waals surface area contributed by atoms with Crippen molar-refractivity contribution in [1.82, 2.24) is 4.90 Å². The van der Waals surface area contributed by atoms with Gasteiger partial charge in [0.1, 0.15) is 5.82 Å². The van der Waals surface area contributed by atoms with E-state index in [1.54, 1.807) is 0 Å². The van der Waals surface area contributed by atoms with E-state index >= 15 is 0 Å². The Bertz CT molecular complexity index is 502. The van der Waals surface area contributed by atoms with Gasteiger partial charge in [-0.2, -0.15) is 0 Å². The Morgan fingerprint density at radius 2 is 2.25 bits per heavy atom. The number of nitrogens with zero attached hydrogens (tertiary/aromatic N) is 1. The maximum Gasteiger partial charge on any atom is 0.238 e. The Morgan fingerprint density at radius 3 is 2.95 bits per heavy atom. The summed E-state index contributed by atoms with van der Waals surface area (Å²) in [6.07, 6.45) is 2.28. The second-order valence-corrected chi connectivity index (χ2v) is 6.26. The summed E-state index contributed by atoms with van der Waals surface area (Å²) in [5, 5.41) is 2.68. The quantitative estimate of drug-likeness (QED) is 0.836. The highest BCUT2D eigenvalue weighted by molar-refractivity contribution is 5.95. The summed E-state index contributed by atoms with van der Waals surface area (Å²) in [7, 11) is 0. The predicted octanol–water partition coefficient (Wildman–Crippen LogP) is 2.47. The largest absolute Gasteiger partial charge is 0.397 e. The number of hydrogen-bond acceptors (Lipinski definition) is 3. The maximum atomic E-state index is 13.1. The first kappa shape index (κ1) is 14.8. The van der Waals surface area contributed by atoms with Crippen molar-refractivity contribution >= 4 is 17.3 Å². The first-order valence-electron chi connectivity index (χ1n) is 6.93. The van der Waals surface area contributed by atoms with Gasteiger partial charge in [-0.25, -0.2) is 4.39 Å². The van der Waals surface area contributed by atoms with Crippen molar-refractivity contribution in [3.05, 3.63) is 24.0 Å². The Balaban J connectivity index is 1.94. The molecule has 0 saturated carbocycles. The third-order valence-electron chi connectivity index (χ3n) is 3.64. The number of anilines is 2. The lowest BCUT2D eigenvalue weighted by Gasteiger charge is -2.37. The first-order chi connectivity index (χ1) is 9.35. The summed E-state index contributed by atoms with van der Waals surface area (Å²) in [6.45, 7) is 6.57. The Hall–Kier alpha value is -1.62. The number of carbonyl (C=O) groups excluding carboxylic acids is 1. The number of hydrogen-bond donors (Lipinski definition) is 2. The fourth-order valence-corrected chi connectivity index (χ4v) is 2.71.